The molecule has 3 amide bonds. The minimum atomic E-state index is -0.540. The molecule has 0 bridgehead atoms. The number of benzene rings is 1. The van der Waals surface area contributed by atoms with Gasteiger partial charge in [-0.2, -0.15) is 0 Å². The molecule has 0 radical (unpaired) electrons. The van der Waals surface area contributed by atoms with Crippen molar-refractivity contribution in [3.63, 3.8) is 0 Å². The van der Waals surface area contributed by atoms with Crippen molar-refractivity contribution in [3.05, 3.63) is 24.3 Å². The molecule has 1 aliphatic rings. The second-order valence-electron chi connectivity index (χ2n) is 6.61. The standard InChI is InChI=1S/C19H25N5O4S/c1-12(17(25)21-18(26)20-2)29-19-23-22-16(13-6-8-14(27-3)9-7-13)24(19)11-15-5-4-10-28-15/h6-9,12,15H,4-5,10-11H2,1-3H3,(H2,20,21,25,26)/t12-,15+/m1/s1. The van der Waals surface area contributed by atoms with E-state index in [9.17, 15) is 9.59 Å². The van der Waals surface area contributed by atoms with Crippen LogP contribution in [0.25, 0.3) is 11.4 Å². The van der Waals surface area contributed by atoms with E-state index in [0.29, 0.717) is 17.5 Å². The van der Waals surface area contributed by atoms with E-state index in [2.05, 4.69) is 20.8 Å². The number of methoxy groups -OCH3 is 1. The third-order valence-corrected chi connectivity index (χ3v) is 5.67. The van der Waals surface area contributed by atoms with Crippen molar-refractivity contribution >= 4 is 23.7 Å². The first kappa shape index (κ1) is 21.1. The summed E-state index contributed by atoms with van der Waals surface area (Å²) in [6.07, 6.45) is 2.08. The van der Waals surface area contributed by atoms with Crippen molar-refractivity contribution in [2.24, 2.45) is 0 Å². The van der Waals surface area contributed by atoms with E-state index >= 15 is 0 Å². The summed E-state index contributed by atoms with van der Waals surface area (Å²) in [4.78, 5) is 23.6. The van der Waals surface area contributed by atoms with Crippen LogP contribution in [0, 0.1) is 0 Å². The lowest BCUT2D eigenvalue weighted by molar-refractivity contribution is -0.119. The van der Waals surface area contributed by atoms with Crippen molar-refractivity contribution in [1.82, 2.24) is 25.4 Å². The van der Waals surface area contributed by atoms with E-state index in [0.717, 1.165) is 30.8 Å². The first-order valence-corrected chi connectivity index (χ1v) is 10.3. The Bertz CT molecular complexity index is 849. The fourth-order valence-electron chi connectivity index (χ4n) is 2.97. The summed E-state index contributed by atoms with van der Waals surface area (Å²) in [5.41, 5.74) is 0.894. The van der Waals surface area contributed by atoms with Gasteiger partial charge in [-0.1, -0.05) is 11.8 Å². The fourth-order valence-corrected chi connectivity index (χ4v) is 3.83. The Labute approximate surface area is 173 Å². The highest BCUT2D eigenvalue weighted by molar-refractivity contribution is 8.00. The van der Waals surface area contributed by atoms with Gasteiger partial charge in [0.25, 0.3) is 0 Å². The molecule has 0 aliphatic carbocycles. The maximum Gasteiger partial charge on any atom is 0.321 e. The maximum atomic E-state index is 12.2. The Hall–Kier alpha value is -2.59. The summed E-state index contributed by atoms with van der Waals surface area (Å²) in [6.45, 7) is 3.07. The Kier molecular flexibility index (Phi) is 7.10. The van der Waals surface area contributed by atoms with Crippen LogP contribution in [0.2, 0.25) is 0 Å². The Balaban J connectivity index is 1.84. The second-order valence-corrected chi connectivity index (χ2v) is 7.92. The number of aromatic nitrogens is 3. The van der Waals surface area contributed by atoms with E-state index in [1.165, 1.54) is 18.8 Å². The molecule has 0 unspecified atom stereocenters. The number of ether oxygens (including phenoxy) is 2. The van der Waals surface area contributed by atoms with Gasteiger partial charge in [0.2, 0.25) is 5.91 Å². The second kappa shape index (κ2) is 9.75. The van der Waals surface area contributed by atoms with Crippen molar-refractivity contribution in [3.8, 4) is 17.1 Å². The summed E-state index contributed by atoms with van der Waals surface area (Å²) in [5, 5.41) is 13.4. The third-order valence-electron chi connectivity index (χ3n) is 4.59. The predicted molar refractivity (Wildman–Crippen MR) is 109 cm³/mol. The van der Waals surface area contributed by atoms with Gasteiger partial charge >= 0.3 is 6.03 Å². The van der Waals surface area contributed by atoms with E-state index in [1.807, 2.05) is 28.8 Å². The van der Waals surface area contributed by atoms with Gasteiger partial charge in [-0.25, -0.2) is 4.79 Å². The van der Waals surface area contributed by atoms with Gasteiger partial charge in [-0.3, -0.25) is 14.7 Å². The average molecular weight is 420 g/mol. The summed E-state index contributed by atoms with van der Waals surface area (Å²) in [6, 6.07) is 7.04. The monoisotopic (exact) mass is 419 g/mol. The highest BCUT2D eigenvalue weighted by atomic mass is 32.2. The van der Waals surface area contributed by atoms with Gasteiger partial charge in [-0.15, -0.1) is 10.2 Å². The molecule has 0 spiro atoms. The number of hydrogen-bond acceptors (Lipinski definition) is 7. The zero-order valence-electron chi connectivity index (χ0n) is 16.7. The molecule has 3 rings (SSSR count). The molecule has 1 saturated heterocycles. The lowest BCUT2D eigenvalue weighted by atomic mass is 10.2. The number of urea groups is 1. The summed E-state index contributed by atoms with van der Waals surface area (Å²) in [7, 11) is 3.08. The maximum absolute atomic E-state index is 12.2. The number of nitrogens with zero attached hydrogens (tertiary/aromatic N) is 3. The minimum absolute atomic E-state index is 0.0809. The van der Waals surface area contributed by atoms with Crippen LogP contribution in [0.5, 0.6) is 5.75 Å². The number of imide groups is 1. The molecule has 10 heteroatoms. The molecule has 2 aromatic rings. The largest absolute Gasteiger partial charge is 0.497 e. The van der Waals surface area contributed by atoms with Gasteiger partial charge < -0.3 is 14.8 Å². The number of carbonyl (C=O) groups excluding carboxylic acids is 2. The molecule has 2 atom stereocenters. The Morgan fingerprint density at radius 3 is 2.72 bits per heavy atom. The van der Waals surface area contributed by atoms with E-state index in [-0.39, 0.29) is 6.10 Å². The summed E-state index contributed by atoms with van der Waals surface area (Å²) in [5.74, 6) is 1.06. The van der Waals surface area contributed by atoms with Gasteiger partial charge in [0.15, 0.2) is 11.0 Å². The van der Waals surface area contributed by atoms with Crippen molar-refractivity contribution < 1.29 is 19.1 Å². The molecule has 1 fully saturated rings. The highest BCUT2D eigenvalue weighted by Crippen LogP contribution is 2.29. The number of carbonyl (C=O) groups is 2. The predicted octanol–water partition coefficient (Wildman–Crippen LogP) is 2.07. The van der Waals surface area contributed by atoms with Crippen LogP contribution in [-0.4, -0.2) is 58.8 Å². The van der Waals surface area contributed by atoms with Crippen LogP contribution in [0.1, 0.15) is 19.8 Å². The quantitative estimate of drug-likeness (QED) is 0.662. The van der Waals surface area contributed by atoms with E-state index in [1.54, 1.807) is 14.0 Å². The van der Waals surface area contributed by atoms with Gasteiger partial charge in [-0.05, 0) is 44.0 Å². The molecule has 1 aliphatic heterocycles. The van der Waals surface area contributed by atoms with E-state index in [4.69, 9.17) is 9.47 Å². The zero-order valence-corrected chi connectivity index (χ0v) is 17.5. The number of nitrogens with one attached hydrogen (secondary N) is 2. The molecule has 2 heterocycles. The van der Waals surface area contributed by atoms with Crippen LogP contribution < -0.4 is 15.4 Å². The molecule has 9 nitrogen and oxygen atoms in total. The normalized spacial score (nSPS) is 17.0. The first-order chi connectivity index (χ1) is 14.0. The molecular formula is C19H25N5O4S. The molecule has 1 aromatic carbocycles. The molecular weight excluding hydrogens is 394 g/mol. The molecule has 156 valence electrons. The van der Waals surface area contributed by atoms with Crippen molar-refractivity contribution in [2.45, 2.75) is 42.8 Å². The summed E-state index contributed by atoms with van der Waals surface area (Å²) >= 11 is 1.25. The number of thioether (sulfide) groups is 1. The van der Waals surface area contributed by atoms with Crippen LogP contribution in [0.3, 0.4) is 0 Å². The zero-order chi connectivity index (χ0) is 20.8. The molecule has 1 aromatic heterocycles. The fraction of sp³-hybridized carbons (Fsp3) is 0.474. The number of hydrogen-bond donors (Lipinski definition) is 2. The Morgan fingerprint density at radius 2 is 2.10 bits per heavy atom. The smallest absolute Gasteiger partial charge is 0.321 e. The molecule has 2 N–H and O–H groups in total. The topological polar surface area (TPSA) is 107 Å². The minimum Gasteiger partial charge on any atom is -0.497 e. The first-order valence-electron chi connectivity index (χ1n) is 9.40. The van der Waals surface area contributed by atoms with Crippen LogP contribution >= 0.6 is 11.8 Å². The van der Waals surface area contributed by atoms with Gasteiger partial charge in [0.1, 0.15) is 5.75 Å². The number of rotatable bonds is 7. The van der Waals surface area contributed by atoms with Crippen molar-refractivity contribution in [1.29, 1.82) is 0 Å². The van der Waals surface area contributed by atoms with Gasteiger partial charge in [0, 0.05) is 19.2 Å². The van der Waals surface area contributed by atoms with Crippen molar-refractivity contribution in [2.75, 3.05) is 20.8 Å². The van der Waals surface area contributed by atoms with Gasteiger partial charge in [0.05, 0.1) is 25.0 Å². The van der Waals surface area contributed by atoms with Crippen LogP contribution in [0.15, 0.2) is 29.4 Å². The number of amides is 3. The van der Waals surface area contributed by atoms with Crippen LogP contribution in [-0.2, 0) is 16.1 Å². The van der Waals surface area contributed by atoms with E-state index < -0.39 is 17.2 Å². The Morgan fingerprint density at radius 1 is 1.34 bits per heavy atom. The summed E-state index contributed by atoms with van der Waals surface area (Å²) < 4.78 is 13.0. The average Bonchev–Trinajstić information content (AvgIpc) is 3.38. The van der Waals surface area contributed by atoms with Crippen LogP contribution in [0.4, 0.5) is 4.79 Å². The molecule has 29 heavy (non-hydrogen) atoms. The lowest BCUT2D eigenvalue weighted by Crippen LogP contribution is -2.41. The highest BCUT2D eigenvalue weighted by Gasteiger charge is 2.25. The lowest BCUT2D eigenvalue weighted by Gasteiger charge is -2.16. The molecule has 0 saturated carbocycles. The third kappa shape index (κ3) is 5.27. The SMILES string of the molecule is CNC(=O)NC(=O)[C@@H](C)Sc1nnc(-c2ccc(OC)cc2)n1C[C@@H]1CCCO1.